The zero-order valence-electron chi connectivity index (χ0n) is 8.16. The lowest BCUT2D eigenvalue weighted by Crippen LogP contribution is -2.16. The van der Waals surface area contributed by atoms with Gasteiger partial charge in [-0.15, -0.1) is 0 Å². The molecule has 86 valence electrons. The van der Waals surface area contributed by atoms with Gasteiger partial charge in [-0.05, 0) is 12.1 Å². The summed E-state index contributed by atoms with van der Waals surface area (Å²) < 4.78 is 0. The zero-order chi connectivity index (χ0) is 12.3. The molecule has 1 rings (SSSR count). The Bertz CT molecular complexity index is 432. The van der Waals surface area contributed by atoms with E-state index >= 15 is 0 Å². The first-order chi connectivity index (χ1) is 7.41. The Kier molecular flexibility index (Phi) is 3.41. The minimum absolute atomic E-state index is 0.00685. The summed E-state index contributed by atoms with van der Waals surface area (Å²) in [5.41, 5.74) is 5.21. The number of nitro groups is 1. The van der Waals surface area contributed by atoms with Crippen molar-refractivity contribution in [2.75, 3.05) is 0 Å². The summed E-state index contributed by atoms with van der Waals surface area (Å²) in [6.45, 7) is 0. The van der Waals surface area contributed by atoms with Crippen LogP contribution in [0, 0.1) is 10.1 Å². The lowest BCUT2D eigenvalue weighted by Gasteiger charge is -2.09. The van der Waals surface area contributed by atoms with Gasteiger partial charge in [0.15, 0.2) is 0 Å². The molecule has 4 N–H and O–H groups in total. The molecule has 0 aliphatic heterocycles. The fraction of sp³-hybridized carbons (Fsp3) is 0.222. The number of hydrogen-bond donors (Lipinski definition) is 3. The first-order valence-electron chi connectivity index (χ1n) is 4.36. The lowest BCUT2D eigenvalue weighted by atomic mass is 10.0. The molecule has 0 fully saturated rings. The summed E-state index contributed by atoms with van der Waals surface area (Å²) in [7, 11) is 0. The van der Waals surface area contributed by atoms with E-state index in [-0.39, 0.29) is 17.0 Å². The number of carboxylic acid groups (broad SMARTS) is 1. The van der Waals surface area contributed by atoms with Gasteiger partial charge in [-0.3, -0.25) is 14.9 Å². The van der Waals surface area contributed by atoms with Crippen LogP contribution in [0.2, 0.25) is 0 Å². The van der Waals surface area contributed by atoms with Crippen molar-refractivity contribution in [2.24, 2.45) is 5.73 Å². The van der Waals surface area contributed by atoms with Crippen molar-refractivity contribution >= 4 is 11.7 Å². The number of aromatic hydroxyl groups is 1. The van der Waals surface area contributed by atoms with Crippen molar-refractivity contribution in [3.63, 3.8) is 0 Å². The van der Waals surface area contributed by atoms with Gasteiger partial charge < -0.3 is 15.9 Å². The molecule has 7 heteroatoms. The molecule has 1 aromatic rings. The van der Waals surface area contributed by atoms with Crippen LogP contribution in [0.5, 0.6) is 5.75 Å². The topological polar surface area (TPSA) is 127 Å². The van der Waals surface area contributed by atoms with Gasteiger partial charge in [0.05, 0.1) is 16.9 Å². The smallest absolute Gasteiger partial charge is 0.305 e. The highest BCUT2D eigenvalue weighted by molar-refractivity contribution is 5.68. The average molecular weight is 226 g/mol. The molecule has 16 heavy (non-hydrogen) atoms. The Morgan fingerprint density at radius 2 is 2.19 bits per heavy atom. The minimum Gasteiger partial charge on any atom is -0.508 e. The second-order valence-corrected chi connectivity index (χ2v) is 3.20. The third-order valence-corrected chi connectivity index (χ3v) is 2.00. The fourth-order valence-corrected chi connectivity index (χ4v) is 1.30. The number of phenolic OH excluding ortho intramolecular Hbond substituents is 1. The lowest BCUT2D eigenvalue weighted by molar-refractivity contribution is -0.385. The van der Waals surface area contributed by atoms with Gasteiger partial charge in [0.1, 0.15) is 5.75 Å². The van der Waals surface area contributed by atoms with Crippen molar-refractivity contribution in [1.29, 1.82) is 0 Å². The molecule has 0 saturated heterocycles. The van der Waals surface area contributed by atoms with Crippen LogP contribution in [-0.2, 0) is 4.79 Å². The van der Waals surface area contributed by atoms with E-state index in [1.807, 2.05) is 0 Å². The number of aliphatic carboxylic acids is 1. The van der Waals surface area contributed by atoms with E-state index in [0.29, 0.717) is 0 Å². The van der Waals surface area contributed by atoms with E-state index < -0.39 is 23.4 Å². The molecule has 0 heterocycles. The molecule has 0 spiro atoms. The number of rotatable bonds is 4. The van der Waals surface area contributed by atoms with Crippen LogP contribution in [0.15, 0.2) is 18.2 Å². The normalized spacial score (nSPS) is 12.1. The predicted molar refractivity (Wildman–Crippen MR) is 53.9 cm³/mol. The standard InChI is InChI=1S/C9H10N2O5/c10-7(4-9(13)14)6-3-5(12)1-2-8(6)11(15)16/h1-3,7,12H,4,10H2,(H,13,14)/t7-/m0/s1. The predicted octanol–water partition coefficient (Wildman–Crippen LogP) is 0.775. The van der Waals surface area contributed by atoms with Crippen molar-refractivity contribution in [1.82, 2.24) is 0 Å². The summed E-state index contributed by atoms with van der Waals surface area (Å²) in [6.07, 6.45) is -0.440. The summed E-state index contributed by atoms with van der Waals surface area (Å²) >= 11 is 0. The van der Waals surface area contributed by atoms with E-state index in [1.165, 1.54) is 0 Å². The highest BCUT2D eigenvalue weighted by Gasteiger charge is 2.21. The summed E-state index contributed by atoms with van der Waals surface area (Å²) in [5.74, 6) is -1.36. The number of carboxylic acids is 1. The average Bonchev–Trinajstić information content (AvgIpc) is 2.15. The number of benzene rings is 1. The molecule has 0 aromatic heterocycles. The van der Waals surface area contributed by atoms with Crippen molar-refractivity contribution in [3.8, 4) is 5.75 Å². The number of carbonyl (C=O) groups is 1. The largest absolute Gasteiger partial charge is 0.508 e. The van der Waals surface area contributed by atoms with Gasteiger partial charge in [0.25, 0.3) is 5.69 Å². The van der Waals surface area contributed by atoms with Gasteiger partial charge in [-0.1, -0.05) is 0 Å². The highest BCUT2D eigenvalue weighted by Crippen LogP contribution is 2.29. The van der Waals surface area contributed by atoms with Crippen LogP contribution >= 0.6 is 0 Å². The minimum atomic E-state index is -1.16. The summed E-state index contributed by atoms with van der Waals surface area (Å²) in [6, 6.07) is 2.32. The Morgan fingerprint density at radius 1 is 1.56 bits per heavy atom. The first kappa shape index (κ1) is 11.9. The molecule has 0 aliphatic carbocycles. The molecule has 1 atom stereocenters. The first-order valence-corrected chi connectivity index (χ1v) is 4.36. The molecule has 0 unspecified atom stereocenters. The number of phenols is 1. The molecular formula is C9H10N2O5. The second kappa shape index (κ2) is 4.58. The van der Waals surface area contributed by atoms with Crippen molar-refractivity contribution in [2.45, 2.75) is 12.5 Å². The van der Waals surface area contributed by atoms with Gasteiger partial charge in [0.2, 0.25) is 0 Å². The number of nitrogens with zero attached hydrogens (tertiary/aromatic N) is 1. The molecule has 0 bridgehead atoms. The number of nitrogens with two attached hydrogens (primary N) is 1. The maximum atomic E-state index is 10.6. The van der Waals surface area contributed by atoms with E-state index in [0.717, 1.165) is 18.2 Å². The third-order valence-electron chi connectivity index (χ3n) is 2.00. The maximum Gasteiger partial charge on any atom is 0.305 e. The molecule has 7 nitrogen and oxygen atoms in total. The Hall–Kier alpha value is -2.15. The SMILES string of the molecule is N[C@@H](CC(=O)O)c1cc(O)ccc1[N+](=O)[O-]. The van der Waals surface area contributed by atoms with Crippen LogP contribution in [0.3, 0.4) is 0 Å². The molecular weight excluding hydrogens is 216 g/mol. The Balaban J connectivity index is 3.13. The number of hydrogen-bond acceptors (Lipinski definition) is 5. The van der Waals surface area contributed by atoms with Crippen LogP contribution in [0.1, 0.15) is 18.0 Å². The molecule has 1 aromatic carbocycles. The molecule has 0 aliphatic rings. The Morgan fingerprint density at radius 3 is 2.69 bits per heavy atom. The quantitative estimate of drug-likeness (QED) is 0.514. The van der Waals surface area contributed by atoms with Gasteiger partial charge in [0, 0.05) is 12.1 Å². The second-order valence-electron chi connectivity index (χ2n) is 3.20. The highest BCUT2D eigenvalue weighted by atomic mass is 16.6. The molecule has 0 amide bonds. The maximum absolute atomic E-state index is 10.6. The van der Waals surface area contributed by atoms with Crippen LogP contribution in [0.4, 0.5) is 5.69 Å². The van der Waals surface area contributed by atoms with Crippen molar-refractivity contribution in [3.05, 3.63) is 33.9 Å². The summed E-state index contributed by atoms with van der Waals surface area (Å²) in [5, 5.41) is 28.4. The van der Waals surface area contributed by atoms with Crippen LogP contribution < -0.4 is 5.73 Å². The van der Waals surface area contributed by atoms with E-state index in [1.54, 1.807) is 0 Å². The van der Waals surface area contributed by atoms with E-state index in [2.05, 4.69) is 0 Å². The molecule has 0 radical (unpaired) electrons. The van der Waals surface area contributed by atoms with E-state index in [4.69, 9.17) is 10.8 Å². The van der Waals surface area contributed by atoms with E-state index in [9.17, 15) is 20.0 Å². The fourth-order valence-electron chi connectivity index (χ4n) is 1.30. The van der Waals surface area contributed by atoms with Crippen LogP contribution in [0.25, 0.3) is 0 Å². The zero-order valence-corrected chi connectivity index (χ0v) is 8.16. The monoisotopic (exact) mass is 226 g/mol. The van der Waals surface area contributed by atoms with Gasteiger partial charge >= 0.3 is 5.97 Å². The van der Waals surface area contributed by atoms with Gasteiger partial charge in [-0.2, -0.15) is 0 Å². The summed E-state index contributed by atoms with van der Waals surface area (Å²) in [4.78, 5) is 20.4. The molecule has 0 saturated carbocycles. The third kappa shape index (κ3) is 2.67. The van der Waals surface area contributed by atoms with Crippen LogP contribution in [-0.4, -0.2) is 21.1 Å². The Labute approximate surface area is 90.3 Å². The van der Waals surface area contributed by atoms with Crippen molar-refractivity contribution < 1.29 is 19.9 Å². The number of nitro benzene ring substituents is 1. The van der Waals surface area contributed by atoms with Gasteiger partial charge in [-0.25, -0.2) is 0 Å².